The Kier molecular flexibility index (Phi) is 5.59. The summed E-state index contributed by atoms with van der Waals surface area (Å²) < 4.78 is 5.49. The van der Waals surface area contributed by atoms with Gasteiger partial charge in [-0.3, -0.25) is 9.63 Å². The second-order valence-electron chi connectivity index (χ2n) is 10.9. The molecule has 1 amide bonds. The van der Waals surface area contributed by atoms with Crippen molar-refractivity contribution in [2.45, 2.75) is 71.6 Å². The van der Waals surface area contributed by atoms with Gasteiger partial charge in [-0.1, -0.05) is 13.8 Å². The van der Waals surface area contributed by atoms with Gasteiger partial charge in [-0.05, 0) is 98.2 Å². The Morgan fingerprint density at radius 3 is 2.39 bits per heavy atom. The van der Waals surface area contributed by atoms with Crippen LogP contribution in [0, 0.1) is 46.3 Å². The molecule has 0 spiro atoms. The van der Waals surface area contributed by atoms with E-state index in [-0.39, 0.29) is 17.2 Å². The molecule has 8 unspecified atom stereocenters. The van der Waals surface area contributed by atoms with Crippen LogP contribution in [0.4, 0.5) is 0 Å². The molecule has 4 rings (SSSR count). The van der Waals surface area contributed by atoms with Gasteiger partial charge in [0.05, 0.1) is 7.11 Å². The molecule has 0 bridgehead atoms. The number of carbonyl (C=O) groups excluding carboxylic acids is 1. The predicted molar refractivity (Wildman–Crippen MR) is 110 cm³/mol. The Balaban J connectivity index is 1.52. The second kappa shape index (κ2) is 7.58. The summed E-state index contributed by atoms with van der Waals surface area (Å²) in [4.78, 5) is 18.2. The number of fused-ring (bicyclic) bond motifs is 5. The highest BCUT2D eigenvalue weighted by Crippen LogP contribution is 2.67. The SMILES string of the molecule is COCC1CCC2(C)C(CCC3C2CCC2(C)C(C(=O)N(C)OC)CCC32)C1. The third kappa shape index (κ3) is 3.05. The van der Waals surface area contributed by atoms with Crippen molar-refractivity contribution in [3.63, 3.8) is 0 Å². The molecule has 0 radical (unpaired) electrons. The quantitative estimate of drug-likeness (QED) is 0.638. The Morgan fingerprint density at radius 1 is 0.964 bits per heavy atom. The van der Waals surface area contributed by atoms with Gasteiger partial charge in [0.1, 0.15) is 0 Å². The van der Waals surface area contributed by atoms with Crippen LogP contribution in [0.15, 0.2) is 0 Å². The van der Waals surface area contributed by atoms with Crippen molar-refractivity contribution >= 4 is 5.91 Å². The standard InChI is InChI=1S/C24H41NO3/c1-23-12-10-16(15-27-4)14-17(23)6-7-18-19-8-9-21(22(26)25(3)28-5)24(19,2)13-11-20(18)23/h16-21H,6-15H2,1-5H3. The van der Waals surface area contributed by atoms with Gasteiger partial charge in [-0.2, -0.15) is 0 Å². The lowest BCUT2D eigenvalue weighted by atomic mass is 9.44. The first kappa shape index (κ1) is 20.7. The van der Waals surface area contributed by atoms with Gasteiger partial charge < -0.3 is 4.74 Å². The minimum atomic E-state index is 0.145. The summed E-state index contributed by atoms with van der Waals surface area (Å²) in [5.41, 5.74) is 0.682. The third-order valence-corrected chi connectivity index (χ3v) is 10.1. The van der Waals surface area contributed by atoms with Crippen LogP contribution < -0.4 is 0 Å². The molecule has 4 saturated carbocycles. The highest BCUT2D eigenvalue weighted by molar-refractivity contribution is 5.79. The van der Waals surface area contributed by atoms with E-state index < -0.39 is 0 Å². The van der Waals surface area contributed by atoms with Gasteiger partial charge in [-0.15, -0.1) is 0 Å². The van der Waals surface area contributed by atoms with Crippen LogP contribution in [-0.2, 0) is 14.4 Å². The number of ether oxygens (including phenoxy) is 1. The highest BCUT2D eigenvalue weighted by atomic mass is 16.7. The van der Waals surface area contributed by atoms with Gasteiger partial charge in [0, 0.05) is 26.7 Å². The number of methoxy groups -OCH3 is 1. The summed E-state index contributed by atoms with van der Waals surface area (Å²) in [7, 11) is 5.23. The fourth-order valence-corrected chi connectivity index (χ4v) is 8.45. The Hall–Kier alpha value is -0.610. The molecule has 4 nitrogen and oxygen atoms in total. The lowest BCUT2D eigenvalue weighted by molar-refractivity contribution is -0.181. The predicted octanol–water partition coefficient (Wildman–Crippen LogP) is 4.93. The monoisotopic (exact) mass is 391 g/mol. The molecule has 0 heterocycles. The van der Waals surface area contributed by atoms with Crippen molar-refractivity contribution in [2.24, 2.45) is 46.3 Å². The van der Waals surface area contributed by atoms with E-state index in [4.69, 9.17) is 9.57 Å². The molecule has 4 aliphatic rings. The fourth-order valence-electron chi connectivity index (χ4n) is 8.45. The average Bonchev–Trinajstić information content (AvgIpc) is 3.04. The van der Waals surface area contributed by atoms with Crippen molar-refractivity contribution in [1.82, 2.24) is 5.06 Å². The topological polar surface area (TPSA) is 38.8 Å². The van der Waals surface area contributed by atoms with Gasteiger partial charge in [-0.25, -0.2) is 5.06 Å². The Morgan fingerprint density at radius 2 is 1.68 bits per heavy atom. The van der Waals surface area contributed by atoms with Crippen LogP contribution in [0.25, 0.3) is 0 Å². The molecule has 0 aliphatic heterocycles. The lowest BCUT2D eigenvalue weighted by Gasteiger charge is -2.61. The van der Waals surface area contributed by atoms with E-state index >= 15 is 0 Å². The van der Waals surface area contributed by atoms with Gasteiger partial charge in [0.2, 0.25) is 5.91 Å². The molecular weight excluding hydrogens is 350 g/mol. The van der Waals surface area contributed by atoms with Gasteiger partial charge in [0.15, 0.2) is 0 Å². The van der Waals surface area contributed by atoms with Crippen LogP contribution >= 0.6 is 0 Å². The first-order valence-electron chi connectivity index (χ1n) is 11.7. The summed E-state index contributed by atoms with van der Waals surface area (Å²) in [6.07, 6.45) is 11.7. The minimum Gasteiger partial charge on any atom is -0.384 e. The summed E-state index contributed by atoms with van der Waals surface area (Å²) in [5.74, 6) is 4.40. The van der Waals surface area contributed by atoms with Crippen LogP contribution in [-0.4, -0.2) is 38.8 Å². The smallest absolute Gasteiger partial charge is 0.249 e. The largest absolute Gasteiger partial charge is 0.384 e. The number of rotatable bonds is 4. The van der Waals surface area contributed by atoms with E-state index in [1.165, 1.54) is 56.4 Å². The van der Waals surface area contributed by atoms with E-state index in [1.54, 1.807) is 14.2 Å². The van der Waals surface area contributed by atoms with E-state index in [9.17, 15) is 4.79 Å². The zero-order valence-corrected chi connectivity index (χ0v) is 18.7. The number of amides is 1. The zero-order valence-electron chi connectivity index (χ0n) is 18.7. The summed E-state index contributed by atoms with van der Waals surface area (Å²) in [6, 6.07) is 0. The molecule has 8 atom stereocenters. The Bertz CT molecular complexity index is 594. The van der Waals surface area contributed by atoms with Crippen molar-refractivity contribution in [2.75, 3.05) is 27.9 Å². The molecular formula is C24H41NO3. The van der Waals surface area contributed by atoms with E-state index in [0.717, 1.165) is 42.6 Å². The molecule has 0 aromatic heterocycles. The van der Waals surface area contributed by atoms with Gasteiger partial charge in [0.25, 0.3) is 0 Å². The maximum absolute atomic E-state index is 13.0. The summed E-state index contributed by atoms with van der Waals surface area (Å²) in [5, 5.41) is 1.47. The maximum Gasteiger partial charge on any atom is 0.249 e. The van der Waals surface area contributed by atoms with Crippen molar-refractivity contribution < 1.29 is 14.4 Å². The third-order valence-electron chi connectivity index (χ3n) is 10.1. The number of carbonyl (C=O) groups is 1. The molecule has 28 heavy (non-hydrogen) atoms. The molecule has 4 heteroatoms. The average molecular weight is 392 g/mol. The van der Waals surface area contributed by atoms with Gasteiger partial charge >= 0.3 is 0 Å². The minimum absolute atomic E-state index is 0.145. The van der Waals surface area contributed by atoms with E-state index in [1.807, 2.05) is 7.11 Å². The first-order chi connectivity index (χ1) is 13.3. The van der Waals surface area contributed by atoms with Crippen molar-refractivity contribution in [3.8, 4) is 0 Å². The number of hydroxylamine groups is 2. The van der Waals surface area contributed by atoms with Crippen LogP contribution in [0.2, 0.25) is 0 Å². The lowest BCUT2D eigenvalue weighted by Crippen LogP contribution is -2.54. The molecule has 160 valence electrons. The molecule has 0 aromatic carbocycles. The van der Waals surface area contributed by atoms with Crippen molar-refractivity contribution in [1.29, 1.82) is 0 Å². The van der Waals surface area contributed by atoms with E-state index in [2.05, 4.69) is 13.8 Å². The van der Waals surface area contributed by atoms with Crippen molar-refractivity contribution in [3.05, 3.63) is 0 Å². The number of hydrogen-bond donors (Lipinski definition) is 0. The first-order valence-corrected chi connectivity index (χ1v) is 11.7. The molecule has 0 N–H and O–H groups in total. The zero-order chi connectivity index (χ0) is 20.1. The highest BCUT2D eigenvalue weighted by Gasteiger charge is 2.61. The summed E-state index contributed by atoms with van der Waals surface area (Å²) in [6.45, 7) is 5.99. The molecule has 4 fully saturated rings. The number of nitrogens with zero attached hydrogens (tertiary/aromatic N) is 1. The van der Waals surface area contributed by atoms with Crippen LogP contribution in [0.1, 0.15) is 71.6 Å². The normalized spacial score (nSPS) is 47.8. The van der Waals surface area contributed by atoms with Crippen LogP contribution in [0.3, 0.4) is 0 Å². The molecule has 0 aromatic rings. The van der Waals surface area contributed by atoms with E-state index in [0.29, 0.717) is 5.41 Å². The van der Waals surface area contributed by atoms with Crippen LogP contribution in [0.5, 0.6) is 0 Å². The maximum atomic E-state index is 13.0. The Labute approximate surface area is 171 Å². The number of hydrogen-bond acceptors (Lipinski definition) is 3. The molecule has 0 saturated heterocycles. The fraction of sp³-hybridized carbons (Fsp3) is 0.958. The second-order valence-corrected chi connectivity index (χ2v) is 10.9. The summed E-state index contributed by atoms with van der Waals surface area (Å²) >= 11 is 0. The molecule has 4 aliphatic carbocycles.